The molecule has 2 heterocycles. The van der Waals surface area contributed by atoms with E-state index in [-0.39, 0.29) is 32.0 Å². The lowest BCUT2D eigenvalue weighted by Gasteiger charge is -2.37. The van der Waals surface area contributed by atoms with Crippen LogP contribution in [0.5, 0.6) is 5.75 Å². The number of likely N-dealkylation sites (tertiary alicyclic amines) is 1. The molecule has 0 spiro atoms. The van der Waals surface area contributed by atoms with Gasteiger partial charge in [-0.05, 0) is 18.2 Å². The lowest BCUT2D eigenvalue weighted by molar-refractivity contribution is -0.0465. The molecule has 0 aromatic heterocycles. The summed E-state index contributed by atoms with van der Waals surface area (Å²) in [6.07, 6.45) is -0.539. The number of carbonyl (C=O) groups excluding carboxylic acids is 1. The molecule has 21 heavy (non-hydrogen) atoms. The quantitative estimate of drug-likeness (QED) is 0.709. The third kappa shape index (κ3) is 2.97. The SMILES string of the molecule is O=C(N1CCC(F)(F)CC1)N1CCOc2ccc(Br)cc21. The van der Waals surface area contributed by atoms with E-state index in [0.29, 0.717) is 24.6 Å². The number of amides is 2. The fraction of sp³-hybridized carbons (Fsp3) is 0.500. The highest BCUT2D eigenvalue weighted by molar-refractivity contribution is 9.10. The molecule has 114 valence electrons. The van der Waals surface area contributed by atoms with Crippen LogP contribution in [0.3, 0.4) is 0 Å². The van der Waals surface area contributed by atoms with Crippen LogP contribution in [0.1, 0.15) is 12.8 Å². The van der Waals surface area contributed by atoms with Crippen LogP contribution in [0.15, 0.2) is 22.7 Å². The minimum atomic E-state index is -2.65. The Labute approximate surface area is 129 Å². The summed E-state index contributed by atoms with van der Waals surface area (Å²) < 4.78 is 32.8. The zero-order valence-electron chi connectivity index (χ0n) is 11.3. The number of hydrogen-bond donors (Lipinski definition) is 0. The molecule has 0 saturated carbocycles. The number of nitrogens with zero attached hydrogens (tertiary/aromatic N) is 2. The Morgan fingerprint density at radius 3 is 2.67 bits per heavy atom. The van der Waals surface area contributed by atoms with Crippen molar-refractivity contribution in [2.45, 2.75) is 18.8 Å². The van der Waals surface area contributed by atoms with Gasteiger partial charge < -0.3 is 9.64 Å². The second-order valence-corrected chi connectivity index (χ2v) is 6.15. The third-order valence-electron chi connectivity index (χ3n) is 3.78. The van der Waals surface area contributed by atoms with Crippen molar-refractivity contribution in [1.29, 1.82) is 0 Å². The summed E-state index contributed by atoms with van der Waals surface area (Å²) in [7, 11) is 0. The van der Waals surface area contributed by atoms with Crippen LogP contribution in [0.4, 0.5) is 19.3 Å². The summed E-state index contributed by atoms with van der Waals surface area (Å²) >= 11 is 3.37. The van der Waals surface area contributed by atoms with Gasteiger partial charge in [-0.1, -0.05) is 15.9 Å². The maximum Gasteiger partial charge on any atom is 0.324 e. The van der Waals surface area contributed by atoms with Gasteiger partial charge in [0, 0.05) is 30.4 Å². The van der Waals surface area contributed by atoms with Crippen molar-refractivity contribution >= 4 is 27.6 Å². The maximum atomic E-state index is 13.2. The molecule has 1 aromatic rings. The fourth-order valence-electron chi connectivity index (χ4n) is 2.59. The van der Waals surface area contributed by atoms with Crippen LogP contribution in [0.2, 0.25) is 0 Å². The summed E-state index contributed by atoms with van der Waals surface area (Å²) in [5, 5.41) is 0. The molecule has 2 amide bonds. The van der Waals surface area contributed by atoms with E-state index in [1.165, 1.54) is 4.90 Å². The van der Waals surface area contributed by atoms with E-state index in [9.17, 15) is 13.6 Å². The van der Waals surface area contributed by atoms with E-state index in [2.05, 4.69) is 15.9 Å². The topological polar surface area (TPSA) is 32.8 Å². The number of benzene rings is 1. The highest BCUT2D eigenvalue weighted by Gasteiger charge is 2.37. The average molecular weight is 361 g/mol. The van der Waals surface area contributed by atoms with Crippen molar-refractivity contribution in [2.24, 2.45) is 0 Å². The molecule has 0 bridgehead atoms. The first kappa shape index (κ1) is 14.6. The third-order valence-corrected chi connectivity index (χ3v) is 4.27. The molecule has 2 aliphatic heterocycles. The van der Waals surface area contributed by atoms with Gasteiger partial charge in [0.25, 0.3) is 5.92 Å². The average Bonchev–Trinajstić information content (AvgIpc) is 2.46. The Morgan fingerprint density at radius 1 is 1.24 bits per heavy atom. The van der Waals surface area contributed by atoms with Crippen LogP contribution >= 0.6 is 15.9 Å². The Balaban J connectivity index is 1.79. The smallest absolute Gasteiger partial charge is 0.324 e. The molecule has 0 N–H and O–H groups in total. The summed E-state index contributed by atoms with van der Waals surface area (Å²) in [4.78, 5) is 15.7. The molecule has 3 rings (SSSR count). The summed E-state index contributed by atoms with van der Waals surface area (Å²) in [5.74, 6) is -2.01. The molecule has 2 aliphatic rings. The van der Waals surface area contributed by atoms with Gasteiger partial charge in [0.2, 0.25) is 0 Å². The van der Waals surface area contributed by atoms with Gasteiger partial charge in [0.1, 0.15) is 12.4 Å². The minimum Gasteiger partial charge on any atom is -0.490 e. The number of rotatable bonds is 0. The highest BCUT2D eigenvalue weighted by atomic mass is 79.9. The van der Waals surface area contributed by atoms with Gasteiger partial charge >= 0.3 is 6.03 Å². The van der Waals surface area contributed by atoms with E-state index in [1.807, 2.05) is 12.1 Å². The maximum absolute atomic E-state index is 13.2. The number of urea groups is 1. The standard InChI is InChI=1S/C14H15BrF2N2O2/c15-10-1-2-12-11(9-10)19(7-8-21-12)13(20)18-5-3-14(16,17)4-6-18/h1-2,9H,3-8H2. The first-order chi connectivity index (χ1) is 9.96. The second kappa shape index (κ2) is 5.44. The molecule has 0 aliphatic carbocycles. The van der Waals surface area contributed by atoms with Crippen molar-refractivity contribution in [2.75, 3.05) is 31.1 Å². The van der Waals surface area contributed by atoms with Crippen LogP contribution < -0.4 is 9.64 Å². The molecule has 1 saturated heterocycles. The highest BCUT2D eigenvalue weighted by Crippen LogP contribution is 2.35. The van der Waals surface area contributed by atoms with Crippen LogP contribution in [-0.4, -0.2) is 43.1 Å². The van der Waals surface area contributed by atoms with Crippen molar-refractivity contribution in [1.82, 2.24) is 4.90 Å². The molecule has 1 aromatic carbocycles. The number of hydrogen-bond acceptors (Lipinski definition) is 2. The molecule has 0 unspecified atom stereocenters. The van der Waals surface area contributed by atoms with E-state index < -0.39 is 5.92 Å². The number of ether oxygens (including phenoxy) is 1. The lowest BCUT2D eigenvalue weighted by Crippen LogP contribution is -2.51. The molecular formula is C14H15BrF2N2O2. The summed E-state index contributed by atoms with van der Waals surface area (Å²) in [5.41, 5.74) is 0.679. The first-order valence-corrected chi connectivity index (χ1v) is 7.62. The van der Waals surface area contributed by atoms with E-state index in [0.717, 1.165) is 4.47 Å². The van der Waals surface area contributed by atoms with Gasteiger partial charge in [0.05, 0.1) is 12.2 Å². The number of halogens is 3. The van der Waals surface area contributed by atoms with Crippen LogP contribution in [0.25, 0.3) is 0 Å². The second-order valence-electron chi connectivity index (χ2n) is 5.24. The molecular weight excluding hydrogens is 346 g/mol. The fourth-order valence-corrected chi connectivity index (χ4v) is 2.93. The Morgan fingerprint density at radius 2 is 1.95 bits per heavy atom. The number of fused-ring (bicyclic) bond motifs is 1. The summed E-state index contributed by atoms with van der Waals surface area (Å²) in [6.45, 7) is 1.01. The molecule has 0 radical (unpaired) electrons. The Bertz CT molecular complexity index is 558. The number of alkyl halides is 2. The van der Waals surface area contributed by atoms with E-state index in [4.69, 9.17) is 4.74 Å². The molecule has 1 fully saturated rings. The first-order valence-electron chi connectivity index (χ1n) is 6.83. The van der Waals surface area contributed by atoms with Crippen LogP contribution in [-0.2, 0) is 0 Å². The van der Waals surface area contributed by atoms with Gasteiger partial charge in [-0.2, -0.15) is 0 Å². The van der Waals surface area contributed by atoms with Gasteiger partial charge in [-0.3, -0.25) is 4.90 Å². The van der Waals surface area contributed by atoms with Crippen molar-refractivity contribution in [3.8, 4) is 5.75 Å². The zero-order chi connectivity index (χ0) is 15.0. The van der Waals surface area contributed by atoms with Gasteiger partial charge in [0.15, 0.2) is 0 Å². The van der Waals surface area contributed by atoms with Crippen molar-refractivity contribution in [3.63, 3.8) is 0 Å². The lowest BCUT2D eigenvalue weighted by atomic mass is 10.1. The van der Waals surface area contributed by atoms with Gasteiger partial charge in [-0.15, -0.1) is 0 Å². The van der Waals surface area contributed by atoms with E-state index in [1.54, 1.807) is 11.0 Å². The zero-order valence-corrected chi connectivity index (χ0v) is 12.9. The molecule has 4 nitrogen and oxygen atoms in total. The van der Waals surface area contributed by atoms with E-state index >= 15 is 0 Å². The minimum absolute atomic E-state index is 0.0898. The Kier molecular flexibility index (Phi) is 3.77. The largest absolute Gasteiger partial charge is 0.490 e. The number of anilines is 1. The molecule has 0 atom stereocenters. The molecule has 7 heteroatoms. The number of carbonyl (C=O) groups is 1. The Hall–Kier alpha value is -1.37. The number of piperidine rings is 1. The van der Waals surface area contributed by atoms with Crippen molar-refractivity contribution < 1.29 is 18.3 Å². The normalized spacial score (nSPS) is 20.7. The van der Waals surface area contributed by atoms with Crippen LogP contribution in [0, 0.1) is 0 Å². The van der Waals surface area contributed by atoms with Gasteiger partial charge in [-0.25, -0.2) is 13.6 Å². The summed E-state index contributed by atoms with van der Waals surface area (Å²) in [6, 6.07) is 5.22. The monoisotopic (exact) mass is 360 g/mol. The van der Waals surface area contributed by atoms with Crippen molar-refractivity contribution in [3.05, 3.63) is 22.7 Å². The predicted molar refractivity (Wildman–Crippen MR) is 78.1 cm³/mol. The predicted octanol–water partition coefficient (Wildman–Crippen LogP) is 3.50.